The van der Waals surface area contributed by atoms with E-state index in [1.807, 2.05) is 4.90 Å². The maximum absolute atomic E-state index is 13.1. The summed E-state index contributed by atoms with van der Waals surface area (Å²) in [5, 5.41) is 3.13. The lowest BCUT2D eigenvalue weighted by Crippen LogP contribution is -2.49. The van der Waals surface area contributed by atoms with Crippen LogP contribution in [0.5, 0.6) is 5.75 Å². The van der Waals surface area contributed by atoms with Crippen LogP contribution in [0.1, 0.15) is 31.2 Å². The van der Waals surface area contributed by atoms with Crippen molar-refractivity contribution in [2.24, 2.45) is 0 Å². The van der Waals surface area contributed by atoms with Gasteiger partial charge in [-0.15, -0.1) is 13.2 Å². The number of hydrogen-bond donors (Lipinski definition) is 2. The molecular weight excluding hydrogens is 462 g/mol. The SMILES string of the molecule is Nc1cc(Cl)c(OC(F)(F)F)cc1/C=C/C(=O)N1[C@@H]2CC[C@H]1C[C@@H](Nc1ccc(F)cc1)C2. The zero-order valence-electron chi connectivity index (χ0n) is 17.4. The van der Waals surface area contributed by atoms with E-state index in [1.54, 1.807) is 12.1 Å². The topological polar surface area (TPSA) is 67.6 Å². The fourth-order valence-electron chi connectivity index (χ4n) is 4.62. The maximum Gasteiger partial charge on any atom is 0.573 e. The van der Waals surface area contributed by atoms with Gasteiger partial charge in [0.05, 0.1) is 5.02 Å². The average molecular weight is 484 g/mol. The summed E-state index contributed by atoms with van der Waals surface area (Å²) in [5.41, 5.74) is 7.02. The predicted octanol–water partition coefficient (Wildman–Crippen LogP) is 5.61. The van der Waals surface area contributed by atoms with Gasteiger partial charge < -0.3 is 20.7 Å². The second-order valence-electron chi connectivity index (χ2n) is 8.24. The van der Waals surface area contributed by atoms with E-state index in [2.05, 4.69) is 10.1 Å². The Hall–Kier alpha value is -2.94. The monoisotopic (exact) mass is 483 g/mol. The van der Waals surface area contributed by atoms with Crippen molar-refractivity contribution < 1.29 is 27.1 Å². The molecule has 2 aliphatic rings. The third kappa shape index (κ3) is 5.52. The molecule has 3 atom stereocenters. The van der Waals surface area contributed by atoms with Crippen LogP contribution in [0.15, 0.2) is 42.5 Å². The highest BCUT2D eigenvalue weighted by Crippen LogP contribution is 2.38. The Morgan fingerprint density at radius 1 is 1.15 bits per heavy atom. The smallest absolute Gasteiger partial charge is 0.404 e. The molecule has 10 heteroatoms. The maximum atomic E-state index is 13.1. The molecule has 1 amide bonds. The van der Waals surface area contributed by atoms with Gasteiger partial charge in [-0.05, 0) is 68.2 Å². The second-order valence-corrected chi connectivity index (χ2v) is 8.65. The molecule has 3 N–H and O–H groups in total. The summed E-state index contributed by atoms with van der Waals surface area (Å²) in [7, 11) is 0. The molecule has 5 nitrogen and oxygen atoms in total. The summed E-state index contributed by atoms with van der Waals surface area (Å²) in [6.45, 7) is 0. The molecule has 2 saturated heterocycles. The fraction of sp³-hybridized carbons (Fsp3) is 0.348. The van der Waals surface area contributed by atoms with Crippen LogP contribution in [0.25, 0.3) is 6.08 Å². The molecule has 2 fully saturated rings. The van der Waals surface area contributed by atoms with Gasteiger partial charge >= 0.3 is 6.36 Å². The molecule has 0 spiro atoms. The number of rotatable bonds is 5. The first-order chi connectivity index (χ1) is 15.6. The van der Waals surface area contributed by atoms with Crippen LogP contribution in [0.2, 0.25) is 5.02 Å². The summed E-state index contributed by atoms with van der Waals surface area (Å²) in [6, 6.07) is 8.63. The Balaban J connectivity index is 1.43. The zero-order chi connectivity index (χ0) is 23.8. The quantitative estimate of drug-likeness (QED) is 0.330. The molecule has 4 rings (SSSR count). The number of benzene rings is 2. The number of nitrogens with two attached hydrogens (primary N) is 1. The van der Waals surface area contributed by atoms with Gasteiger partial charge in [0, 0.05) is 41.1 Å². The van der Waals surface area contributed by atoms with E-state index in [-0.39, 0.29) is 46.1 Å². The number of fused-ring (bicyclic) bond motifs is 2. The normalized spacial score (nSPS) is 22.6. The number of nitrogens with zero attached hydrogens (tertiary/aromatic N) is 1. The highest BCUT2D eigenvalue weighted by Gasteiger charge is 2.42. The number of ether oxygens (including phenoxy) is 1. The Kier molecular flexibility index (Phi) is 6.43. The summed E-state index contributed by atoms with van der Waals surface area (Å²) in [5.74, 6) is -1.11. The lowest BCUT2D eigenvalue weighted by atomic mass is 9.96. The lowest BCUT2D eigenvalue weighted by Gasteiger charge is -2.39. The van der Waals surface area contributed by atoms with E-state index >= 15 is 0 Å². The molecular formula is C23H22ClF4N3O2. The molecule has 33 heavy (non-hydrogen) atoms. The van der Waals surface area contributed by atoms with Gasteiger partial charge in [0.15, 0.2) is 0 Å². The minimum Gasteiger partial charge on any atom is -0.404 e. The number of anilines is 2. The molecule has 176 valence electrons. The van der Waals surface area contributed by atoms with Crippen LogP contribution >= 0.6 is 11.6 Å². The summed E-state index contributed by atoms with van der Waals surface area (Å²) >= 11 is 5.79. The highest BCUT2D eigenvalue weighted by molar-refractivity contribution is 6.32. The van der Waals surface area contributed by atoms with Crippen molar-refractivity contribution in [1.29, 1.82) is 0 Å². The van der Waals surface area contributed by atoms with E-state index in [9.17, 15) is 22.4 Å². The lowest BCUT2D eigenvalue weighted by molar-refractivity contribution is -0.274. The van der Waals surface area contributed by atoms with Gasteiger partial charge in [-0.1, -0.05) is 11.6 Å². The Bertz CT molecular complexity index is 1040. The Morgan fingerprint density at radius 2 is 1.79 bits per heavy atom. The fourth-order valence-corrected chi connectivity index (χ4v) is 4.83. The first-order valence-electron chi connectivity index (χ1n) is 10.5. The van der Waals surface area contributed by atoms with Crippen molar-refractivity contribution in [3.05, 3.63) is 58.9 Å². The first-order valence-corrected chi connectivity index (χ1v) is 10.8. The minimum atomic E-state index is -4.90. The van der Waals surface area contributed by atoms with Crippen LogP contribution in [0.3, 0.4) is 0 Å². The van der Waals surface area contributed by atoms with Crippen LogP contribution in [0, 0.1) is 5.82 Å². The van der Waals surface area contributed by atoms with Crippen LogP contribution in [0.4, 0.5) is 28.9 Å². The van der Waals surface area contributed by atoms with E-state index in [0.29, 0.717) is 0 Å². The Labute approximate surface area is 193 Å². The number of amides is 1. The van der Waals surface area contributed by atoms with Crippen molar-refractivity contribution in [3.63, 3.8) is 0 Å². The van der Waals surface area contributed by atoms with Crippen molar-refractivity contribution in [3.8, 4) is 5.75 Å². The number of carbonyl (C=O) groups excluding carboxylic acids is 1. The Morgan fingerprint density at radius 3 is 2.39 bits per heavy atom. The molecule has 2 heterocycles. The van der Waals surface area contributed by atoms with Crippen molar-refractivity contribution in [1.82, 2.24) is 4.90 Å². The van der Waals surface area contributed by atoms with E-state index in [0.717, 1.165) is 43.5 Å². The zero-order valence-corrected chi connectivity index (χ0v) is 18.2. The van der Waals surface area contributed by atoms with Gasteiger partial charge in [0.2, 0.25) is 5.91 Å². The van der Waals surface area contributed by atoms with Gasteiger partial charge in [-0.3, -0.25) is 4.79 Å². The van der Waals surface area contributed by atoms with Gasteiger partial charge in [0.25, 0.3) is 0 Å². The molecule has 2 aliphatic heterocycles. The summed E-state index contributed by atoms with van der Waals surface area (Å²) < 4.78 is 54.8. The number of halogens is 5. The summed E-state index contributed by atoms with van der Waals surface area (Å²) in [4.78, 5) is 14.8. The summed E-state index contributed by atoms with van der Waals surface area (Å²) in [6.07, 6.45) is 1.04. The van der Waals surface area contributed by atoms with E-state index in [1.165, 1.54) is 24.3 Å². The number of hydrogen-bond acceptors (Lipinski definition) is 4. The average Bonchev–Trinajstić information content (AvgIpc) is 3.00. The third-order valence-electron chi connectivity index (χ3n) is 5.97. The van der Waals surface area contributed by atoms with Crippen molar-refractivity contribution in [2.75, 3.05) is 11.1 Å². The van der Waals surface area contributed by atoms with Crippen molar-refractivity contribution in [2.45, 2.75) is 50.2 Å². The van der Waals surface area contributed by atoms with E-state index < -0.39 is 12.1 Å². The number of piperidine rings is 1. The van der Waals surface area contributed by atoms with E-state index in [4.69, 9.17) is 17.3 Å². The molecule has 2 aromatic carbocycles. The molecule has 0 aromatic heterocycles. The molecule has 0 radical (unpaired) electrons. The molecule has 0 aliphatic carbocycles. The van der Waals surface area contributed by atoms with Crippen LogP contribution in [-0.4, -0.2) is 35.3 Å². The number of nitrogen functional groups attached to an aromatic ring is 1. The van der Waals surface area contributed by atoms with Crippen LogP contribution < -0.4 is 15.8 Å². The standard InChI is InChI=1S/C23H22ClF4N3O2/c24-19-12-20(29)13(9-21(19)33-23(26,27)28)1-8-22(32)31-17-6-7-18(31)11-16(10-17)30-15-4-2-14(25)3-5-15/h1-5,8-9,12,16-18,30H,6-7,10-11,29H2/b8-1+/t16-,17+,18-. The largest absolute Gasteiger partial charge is 0.573 e. The molecule has 0 saturated carbocycles. The highest BCUT2D eigenvalue weighted by atomic mass is 35.5. The molecule has 2 bridgehead atoms. The molecule has 2 aromatic rings. The molecule has 0 unspecified atom stereocenters. The van der Waals surface area contributed by atoms with Gasteiger partial charge in [-0.2, -0.15) is 0 Å². The van der Waals surface area contributed by atoms with Gasteiger partial charge in [0.1, 0.15) is 11.6 Å². The van der Waals surface area contributed by atoms with Gasteiger partial charge in [-0.25, -0.2) is 4.39 Å². The third-order valence-corrected chi connectivity index (χ3v) is 6.27. The van der Waals surface area contributed by atoms with Crippen molar-refractivity contribution >= 4 is 35.0 Å². The minimum absolute atomic E-state index is 0.0468. The predicted molar refractivity (Wildman–Crippen MR) is 118 cm³/mol. The number of nitrogens with one attached hydrogen (secondary N) is 1. The number of alkyl halides is 3. The first kappa shape index (κ1) is 23.2. The van der Waals surface area contributed by atoms with Crippen LogP contribution in [-0.2, 0) is 4.79 Å². The number of carbonyl (C=O) groups is 1. The second kappa shape index (κ2) is 9.13.